The number of amides is 2. The summed E-state index contributed by atoms with van der Waals surface area (Å²) in [5.41, 5.74) is 4.94. The van der Waals surface area contributed by atoms with Crippen LogP contribution in [0.25, 0.3) is 10.6 Å². The van der Waals surface area contributed by atoms with Crippen molar-refractivity contribution in [2.75, 3.05) is 0 Å². The van der Waals surface area contributed by atoms with Gasteiger partial charge >= 0.3 is 6.18 Å². The molecule has 0 aliphatic carbocycles. The monoisotopic (exact) mass is 394 g/mol. The fourth-order valence-corrected chi connectivity index (χ4v) is 3.21. The number of aryl methyl sites for hydroxylation is 1. The summed E-state index contributed by atoms with van der Waals surface area (Å²) >= 11 is 1.02. The molecule has 6 nitrogen and oxygen atoms in total. The van der Waals surface area contributed by atoms with Crippen molar-refractivity contribution in [2.24, 2.45) is 0 Å². The van der Waals surface area contributed by atoms with E-state index in [1.807, 2.05) is 0 Å². The van der Waals surface area contributed by atoms with E-state index in [2.05, 4.69) is 20.8 Å². The molecule has 1 aromatic carbocycles. The Morgan fingerprint density at radius 2 is 1.74 bits per heavy atom. The maximum atomic E-state index is 12.6. The Balaban J connectivity index is 1.72. The van der Waals surface area contributed by atoms with Crippen LogP contribution in [0, 0.1) is 6.92 Å². The van der Waals surface area contributed by atoms with Crippen molar-refractivity contribution in [3.05, 3.63) is 64.4 Å². The molecule has 0 bridgehead atoms. The van der Waals surface area contributed by atoms with Crippen LogP contribution in [0.1, 0.15) is 31.4 Å². The Hall–Kier alpha value is -3.14. The van der Waals surface area contributed by atoms with Crippen molar-refractivity contribution < 1.29 is 22.8 Å². The van der Waals surface area contributed by atoms with Crippen molar-refractivity contribution in [2.45, 2.75) is 13.1 Å². The third-order valence-electron chi connectivity index (χ3n) is 3.59. The van der Waals surface area contributed by atoms with Gasteiger partial charge in [-0.3, -0.25) is 20.4 Å². The number of aromatic nitrogens is 2. The minimum atomic E-state index is -4.42. The number of nitrogens with zero attached hydrogens (tertiary/aromatic N) is 1. The smallest absolute Gasteiger partial charge is 0.357 e. The molecule has 0 aliphatic rings. The zero-order chi connectivity index (χ0) is 19.6. The van der Waals surface area contributed by atoms with Gasteiger partial charge in [-0.2, -0.15) is 13.2 Å². The molecule has 0 saturated carbocycles. The summed E-state index contributed by atoms with van der Waals surface area (Å²) in [7, 11) is 0. The molecule has 0 fully saturated rings. The fraction of sp³-hybridized carbons (Fsp3) is 0.118. The number of thiazole rings is 1. The van der Waals surface area contributed by atoms with E-state index >= 15 is 0 Å². The highest BCUT2D eigenvalue weighted by Crippen LogP contribution is 2.32. The van der Waals surface area contributed by atoms with Crippen LogP contribution in [0.4, 0.5) is 13.2 Å². The standard InChI is InChI=1S/C17H13F3N4O2S/c1-9-13(15(26)24-23-14(25)12-3-2-8-21-12)27-16(22-9)10-4-6-11(7-5-10)17(18,19)20/h2-8,21H,1H3,(H,23,25)(H,24,26). The molecule has 2 aromatic heterocycles. The predicted octanol–water partition coefficient (Wildman–Crippen LogP) is 3.54. The Kier molecular flexibility index (Phi) is 5.00. The summed E-state index contributed by atoms with van der Waals surface area (Å²) in [6.45, 7) is 1.60. The van der Waals surface area contributed by atoms with Gasteiger partial charge in [-0.15, -0.1) is 11.3 Å². The highest BCUT2D eigenvalue weighted by Gasteiger charge is 2.30. The van der Waals surface area contributed by atoms with E-state index in [-0.39, 0.29) is 10.6 Å². The number of halogens is 3. The van der Waals surface area contributed by atoms with Crippen molar-refractivity contribution in [3.63, 3.8) is 0 Å². The van der Waals surface area contributed by atoms with Gasteiger partial charge in [-0.25, -0.2) is 4.98 Å². The Morgan fingerprint density at radius 1 is 1.07 bits per heavy atom. The van der Waals surface area contributed by atoms with Crippen LogP contribution < -0.4 is 10.9 Å². The van der Waals surface area contributed by atoms with E-state index in [1.165, 1.54) is 12.1 Å². The van der Waals surface area contributed by atoms with Gasteiger partial charge in [0.05, 0.1) is 11.3 Å². The first kappa shape index (κ1) is 18.6. The van der Waals surface area contributed by atoms with Gasteiger partial charge < -0.3 is 4.98 Å². The lowest BCUT2D eigenvalue weighted by molar-refractivity contribution is -0.137. The Labute approximate surface area is 155 Å². The largest absolute Gasteiger partial charge is 0.416 e. The van der Waals surface area contributed by atoms with Gasteiger partial charge in [0.15, 0.2) is 0 Å². The average molecular weight is 394 g/mol. The number of hydrogen-bond donors (Lipinski definition) is 3. The molecule has 0 radical (unpaired) electrons. The molecule has 10 heteroatoms. The molecule has 0 atom stereocenters. The number of aromatic amines is 1. The molecule has 2 heterocycles. The van der Waals surface area contributed by atoms with Gasteiger partial charge in [0.1, 0.15) is 15.6 Å². The maximum absolute atomic E-state index is 12.6. The second-order valence-electron chi connectivity index (χ2n) is 5.50. The Morgan fingerprint density at radius 3 is 2.33 bits per heavy atom. The number of carbonyl (C=O) groups is 2. The first-order chi connectivity index (χ1) is 12.8. The van der Waals surface area contributed by atoms with Crippen molar-refractivity contribution in [1.29, 1.82) is 0 Å². The first-order valence-electron chi connectivity index (χ1n) is 7.65. The first-order valence-corrected chi connectivity index (χ1v) is 8.46. The average Bonchev–Trinajstić information content (AvgIpc) is 3.28. The summed E-state index contributed by atoms with van der Waals surface area (Å²) in [6, 6.07) is 7.71. The van der Waals surface area contributed by atoms with Crippen LogP contribution >= 0.6 is 11.3 Å². The maximum Gasteiger partial charge on any atom is 0.416 e. The lowest BCUT2D eigenvalue weighted by Crippen LogP contribution is -2.41. The third-order valence-corrected chi connectivity index (χ3v) is 4.80. The van der Waals surface area contributed by atoms with E-state index in [0.29, 0.717) is 16.3 Å². The second-order valence-corrected chi connectivity index (χ2v) is 6.50. The fourth-order valence-electron chi connectivity index (χ4n) is 2.24. The number of hydrazine groups is 1. The highest BCUT2D eigenvalue weighted by molar-refractivity contribution is 7.17. The number of carbonyl (C=O) groups excluding carboxylic acids is 2. The zero-order valence-corrected chi connectivity index (χ0v) is 14.7. The molecular formula is C17H13F3N4O2S. The van der Waals surface area contributed by atoms with E-state index in [9.17, 15) is 22.8 Å². The molecule has 0 unspecified atom stereocenters. The van der Waals surface area contributed by atoms with Crippen LogP contribution in [-0.4, -0.2) is 21.8 Å². The number of H-pyrrole nitrogens is 1. The molecule has 0 spiro atoms. The number of alkyl halides is 3. The molecule has 27 heavy (non-hydrogen) atoms. The number of rotatable bonds is 3. The van der Waals surface area contributed by atoms with Crippen LogP contribution in [-0.2, 0) is 6.18 Å². The summed E-state index contributed by atoms with van der Waals surface area (Å²) < 4.78 is 37.9. The molecule has 2 amide bonds. The van der Waals surface area contributed by atoms with Crippen molar-refractivity contribution in [3.8, 4) is 10.6 Å². The van der Waals surface area contributed by atoms with Gasteiger partial charge in [-0.1, -0.05) is 12.1 Å². The summed E-state index contributed by atoms with van der Waals surface area (Å²) in [5.74, 6) is -1.08. The van der Waals surface area contributed by atoms with Crippen LogP contribution in [0.15, 0.2) is 42.6 Å². The van der Waals surface area contributed by atoms with E-state index < -0.39 is 23.6 Å². The number of hydrogen-bond acceptors (Lipinski definition) is 4. The van der Waals surface area contributed by atoms with Crippen molar-refractivity contribution in [1.82, 2.24) is 20.8 Å². The third kappa shape index (κ3) is 4.17. The topological polar surface area (TPSA) is 86.9 Å². The summed E-state index contributed by atoms with van der Waals surface area (Å²) in [6.07, 6.45) is -2.85. The van der Waals surface area contributed by atoms with Crippen LogP contribution in [0.3, 0.4) is 0 Å². The molecule has 3 N–H and O–H groups in total. The highest BCUT2D eigenvalue weighted by atomic mass is 32.1. The van der Waals surface area contributed by atoms with Crippen molar-refractivity contribution >= 4 is 23.2 Å². The predicted molar refractivity (Wildman–Crippen MR) is 93.0 cm³/mol. The number of benzene rings is 1. The minimum absolute atomic E-state index is 0.247. The molecule has 0 aliphatic heterocycles. The molecule has 140 valence electrons. The van der Waals surface area contributed by atoms with Gasteiger partial charge in [-0.05, 0) is 31.2 Å². The SMILES string of the molecule is Cc1nc(-c2ccc(C(F)(F)F)cc2)sc1C(=O)NNC(=O)c1ccc[nH]1. The number of nitrogens with one attached hydrogen (secondary N) is 3. The van der Waals surface area contributed by atoms with Crippen LogP contribution in [0.2, 0.25) is 0 Å². The Bertz CT molecular complexity index is 963. The van der Waals surface area contributed by atoms with Gasteiger partial charge in [0.2, 0.25) is 0 Å². The van der Waals surface area contributed by atoms with E-state index in [1.54, 1.807) is 25.3 Å². The second kappa shape index (κ2) is 7.23. The van der Waals surface area contributed by atoms with E-state index in [0.717, 1.165) is 23.5 Å². The lowest BCUT2D eigenvalue weighted by Gasteiger charge is -2.06. The summed E-state index contributed by atoms with van der Waals surface area (Å²) in [5, 5.41) is 0.405. The summed E-state index contributed by atoms with van der Waals surface area (Å²) in [4.78, 5) is 31.2. The molecular weight excluding hydrogens is 381 g/mol. The lowest BCUT2D eigenvalue weighted by atomic mass is 10.1. The zero-order valence-electron chi connectivity index (χ0n) is 13.8. The van der Waals surface area contributed by atoms with Crippen LogP contribution in [0.5, 0.6) is 0 Å². The molecule has 3 rings (SSSR count). The quantitative estimate of drug-likeness (QED) is 0.594. The normalized spacial score (nSPS) is 11.3. The molecule has 0 saturated heterocycles. The minimum Gasteiger partial charge on any atom is -0.357 e. The van der Waals surface area contributed by atoms with Gasteiger partial charge in [0.25, 0.3) is 11.8 Å². The molecule has 3 aromatic rings. The van der Waals surface area contributed by atoms with Gasteiger partial charge in [0, 0.05) is 11.8 Å². The van der Waals surface area contributed by atoms with E-state index in [4.69, 9.17) is 0 Å².